The lowest BCUT2D eigenvalue weighted by atomic mass is 10.3. The zero-order valence-electron chi connectivity index (χ0n) is 9.33. The van der Waals surface area contributed by atoms with Gasteiger partial charge in [0.1, 0.15) is 0 Å². The van der Waals surface area contributed by atoms with Crippen molar-refractivity contribution < 1.29 is 9.90 Å². The quantitative estimate of drug-likeness (QED) is 0.757. The maximum atomic E-state index is 10.5. The molecule has 1 fully saturated rings. The van der Waals surface area contributed by atoms with Crippen LogP contribution >= 0.6 is 11.8 Å². The third kappa shape index (κ3) is 2.96. The summed E-state index contributed by atoms with van der Waals surface area (Å²) in [7, 11) is 0. The van der Waals surface area contributed by atoms with Gasteiger partial charge in [-0.15, -0.1) is 10.2 Å². The van der Waals surface area contributed by atoms with Crippen LogP contribution in [0.5, 0.6) is 0 Å². The van der Waals surface area contributed by atoms with E-state index < -0.39 is 6.09 Å². The highest BCUT2D eigenvalue weighted by Crippen LogP contribution is 2.17. The van der Waals surface area contributed by atoms with Crippen molar-refractivity contribution >= 4 is 23.7 Å². The van der Waals surface area contributed by atoms with Crippen LogP contribution in [0.1, 0.15) is 6.42 Å². The Morgan fingerprint density at radius 3 is 3.06 bits per heavy atom. The molecule has 1 amide bonds. The van der Waals surface area contributed by atoms with Gasteiger partial charge in [-0.05, 0) is 12.7 Å². The number of hydrogen-bond donors (Lipinski definition) is 2. The monoisotopic (exact) mass is 255 g/mol. The number of anilines is 1. The van der Waals surface area contributed by atoms with Gasteiger partial charge in [0.05, 0.1) is 12.2 Å². The molecule has 1 aliphatic rings. The van der Waals surface area contributed by atoms with Crippen molar-refractivity contribution in [2.45, 2.75) is 17.6 Å². The van der Waals surface area contributed by atoms with Crippen LogP contribution in [-0.2, 0) is 0 Å². The van der Waals surface area contributed by atoms with Crippen LogP contribution in [0.4, 0.5) is 10.6 Å². The summed E-state index contributed by atoms with van der Waals surface area (Å²) in [5.41, 5.74) is 0. The summed E-state index contributed by atoms with van der Waals surface area (Å²) < 4.78 is 0. The van der Waals surface area contributed by atoms with E-state index in [-0.39, 0.29) is 6.04 Å². The molecule has 0 radical (unpaired) electrons. The number of amides is 1. The normalized spacial score (nSPS) is 19.4. The van der Waals surface area contributed by atoms with Gasteiger partial charge in [-0.2, -0.15) is 0 Å². The molecule has 0 aliphatic carbocycles. The Kier molecular flexibility index (Phi) is 3.62. The molecule has 1 saturated heterocycles. The number of aromatic nitrogens is 3. The van der Waals surface area contributed by atoms with Gasteiger partial charge in [-0.3, -0.25) is 0 Å². The molecule has 0 bridgehead atoms. The maximum absolute atomic E-state index is 10.5. The minimum absolute atomic E-state index is 0.0467. The molecule has 7 nitrogen and oxygen atoms in total. The van der Waals surface area contributed by atoms with Crippen LogP contribution in [0.2, 0.25) is 0 Å². The van der Waals surface area contributed by atoms with E-state index >= 15 is 0 Å². The predicted molar refractivity (Wildman–Crippen MR) is 63.4 cm³/mol. The molecule has 2 heterocycles. The van der Waals surface area contributed by atoms with Gasteiger partial charge >= 0.3 is 6.09 Å². The number of nitrogens with one attached hydrogen (secondary N) is 1. The van der Waals surface area contributed by atoms with Gasteiger partial charge in [0.25, 0.3) is 0 Å². The summed E-state index contributed by atoms with van der Waals surface area (Å²) in [6.07, 6.45) is 3.35. The van der Waals surface area contributed by atoms with E-state index in [9.17, 15) is 4.79 Å². The molecule has 1 atom stereocenters. The zero-order chi connectivity index (χ0) is 12.3. The van der Waals surface area contributed by atoms with Crippen molar-refractivity contribution in [2.75, 3.05) is 24.2 Å². The molecule has 17 heavy (non-hydrogen) atoms. The summed E-state index contributed by atoms with van der Waals surface area (Å²) in [6, 6.07) is -0.0467. The van der Waals surface area contributed by atoms with Crippen LogP contribution in [0.15, 0.2) is 11.4 Å². The lowest BCUT2D eigenvalue weighted by Gasteiger charge is -2.16. The second-order valence-electron chi connectivity index (χ2n) is 3.68. The first-order valence-electron chi connectivity index (χ1n) is 5.17. The second-order valence-corrected chi connectivity index (χ2v) is 4.46. The average Bonchev–Trinajstić information content (AvgIpc) is 2.77. The number of carbonyl (C=O) groups is 1. The van der Waals surface area contributed by atoms with Crippen molar-refractivity contribution in [1.29, 1.82) is 0 Å². The van der Waals surface area contributed by atoms with Crippen LogP contribution in [0.3, 0.4) is 0 Å². The molecule has 2 N–H and O–H groups in total. The van der Waals surface area contributed by atoms with Gasteiger partial charge in [-0.1, -0.05) is 11.8 Å². The summed E-state index contributed by atoms with van der Waals surface area (Å²) >= 11 is 1.44. The number of hydrogen-bond acceptors (Lipinski definition) is 6. The second kappa shape index (κ2) is 5.17. The first-order valence-corrected chi connectivity index (χ1v) is 6.39. The lowest BCUT2D eigenvalue weighted by molar-refractivity contribution is 0.191. The molecule has 1 aromatic heterocycles. The fourth-order valence-corrected chi connectivity index (χ4v) is 2.04. The summed E-state index contributed by atoms with van der Waals surface area (Å²) in [5, 5.41) is 19.7. The maximum Gasteiger partial charge on any atom is 0.404 e. The molecule has 0 unspecified atom stereocenters. The number of nitrogens with zero attached hydrogens (tertiary/aromatic N) is 4. The largest absolute Gasteiger partial charge is 0.465 e. The fraction of sp³-hybridized carbons (Fsp3) is 0.556. The van der Waals surface area contributed by atoms with E-state index in [2.05, 4.69) is 20.5 Å². The van der Waals surface area contributed by atoms with Crippen molar-refractivity contribution in [3.8, 4) is 0 Å². The van der Waals surface area contributed by atoms with Crippen LogP contribution < -0.4 is 10.2 Å². The van der Waals surface area contributed by atoms with Gasteiger partial charge in [0, 0.05) is 13.1 Å². The Morgan fingerprint density at radius 1 is 1.65 bits per heavy atom. The number of rotatable bonds is 3. The van der Waals surface area contributed by atoms with E-state index in [1.54, 1.807) is 6.20 Å². The minimum atomic E-state index is -0.987. The van der Waals surface area contributed by atoms with E-state index in [1.165, 1.54) is 11.8 Å². The molecule has 1 aliphatic heterocycles. The molecular weight excluding hydrogens is 242 g/mol. The molecule has 8 heteroatoms. The van der Waals surface area contributed by atoms with Crippen LogP contribution in [0, 0.1) is 0 Å². The minimum Gasteiger partial charge on any atom is -0.465 e. The Balaban J connectivity index is 1.97. The van der Waals surface area contributed by atoms with E-state index in [1.807, 2.05) is 11.2 Å². The van der Waals surface area contributed by atoms with Gasteiger partial charge in [0.2, 0.25) is 5.16 Å². The lowest BCUT2D eigenvalue weighted by Crippen LogP contribution is -2.36. The van der Waals surface area contributed by atoms with Crippen LogP contribution in [0.25, 0.3) is 0 Å². The molecule has 0 saturated carbocycles. The van der Waals surface area contributed by atoms with Crippen LogP contribution in [-0.4, -0.2) is 51.8 Å². The fourth-order valence-electron chi connectivity index (χ4n) is 1.76. The van der Waals surface area contributed by atoms with Crippen molar-refractivity contribution in [3.63, 3.8) is 0 Å². The summed E-state index contributed by atoms with van der Waals surface area (Å²) in [6.45, 7) is 1.38. The molecule has 92 valence electrons. The Bertz CT molecular complexity index is 399. The van der Waals surface area contributed by atoms with E-state index in [0.717, 1.165) is 13.0 Å². The topological polar surface area (TPSA) is 91.2 Å². The third-order valence-corrected chi connectivity index (χ3v) is 3.10. The smallest absolute Gasteiger partial charge is 0.404 e. The van der Waals surface area contributed by atoms with Crippen molar-refractivity contribution in [1.82, 2.24) is 20.5 Å². The standard InChI is InChI=1S/C9H13N5O2S/c1-17-8-10-4-7(12-13-8)14-3-2-6(5-14)11-9(15)16/h4,6,11H,2-3,5H2,1H3,(H,15,16)/t6-/m1/s1. The Morgan fingerprint density at radius 2 is 2.47 bits per heavy atom. The molecule has 1 aromatic rings. The summed E-state index contributed by atoms with van der Waals surface area (Å²) in [4.78, 5) is 16.6. The summed E-state index contributed by atoms with van der Waals surface area (Å²) in [5.74, 6) is 0.692. The van der Waals surface area contributed by atoms with Crippen molar-refractivity contribution in [2.24, 2.45) is 0 Å². The SMILES string of the molecule is CSc1ncc(N2CC[C@@H](NC(=O)O)C2)nn1. The Labute approximate surface area is 103 Å². The average molecular weight is 255 g/mol. The number of thioether (sulfide) groups is 1. The molecule has 2 rings (SSSR count). The molecule has 0 aromatic carbocycles. The zero-order valence-corrected chi connectivity index (χ0v) is 10.1. The van der Waals surface area contributed by atoms with E-state index in [0.29, 0.717) is 17.5 Å². The highest BCUT2D eigenvalue weighted by atomic mass is 32.2. The van der Waals surface area contributed by atoms with E-state index in [4.69, 9.17) is 5.11 Å². The first kappa shape index (κ1) is 11.9. The van der Waals surface area contributed by atoms with Gasteiger partial charge < -0.3 is 15.3 Å². The predicted octanol–water partition coefficient (Wildman–Crippen LogP) is 0.440. The highest BCUT2D eigenvalue weighted by molar-refractivity contribution is 7.98. The number of carboxylic acid groups (broad SMARTS) is 1. The highest BCUT2D eigenvalue weighted by Gasteiger charge is 2.25. The Hall–Kier alpha value is -1.57. The molecular formula is C9H13N5O2S. The van der Waals surface area contributed by atoms with Gasteiger partial charge in [-0.25, -0.2) is 9.78 Å². The third-order valence-electron chi connectivity index (χ3n) is 2.55. The first-order chi connectivity index (χ1) is 8.19. The van der Waals surface area contributed by atoms with Gasteiger partial charge in [0.15, 0.2) is 5.82 Å². The molecule has 0 spiro atoms. The van der Waals surface area contributed by atoms with Crippen molar-refractivity contribution in [3.05, 3.63) is 6.20 Å².